The molecule has 2 nitrogen and oxygen atoms in total. The van der Waals surface area contributed by atoms with E-state index in [1.54, 1.807) is 18.2 Å². The van der Waals surface area contributed by atoms with Crippen LogP contribution >= 0.6 is 23.4 Å². The van der Waals surface area contributed by atoms with Crippen molar-refractivity contribution in [2.45, 2.75) is 6.54 Å². The molecule has 88 valence electrons. The van der Waals surface area contributed by atoms with Gasteiger partial charge >= 0.3 is 0 Å². The molecule has 16 heavy (non-hydrogen) atoms. The van der Waals surface area contributed by atoms with Gasteiger partial charge in [0.2, 0.25) is 0 Å². The maximum absolute atomic E-state index is 9.56. The van der Waals surface area contributed by atoms with Crippen LogP contribution in [0.4, 0.5) is 0 Å². The van der Waals surface area contributed by atoms with Crippen LogP contribution in [0.1, 0.15) is 5.56 Å². The van der Waals surface area contributed by atoms with Crippen LogP contribution in [0.3, 0.4) is 0 Å². The number of halogens is 1. The van der Waals surface area contributed by atoms with E-state index in [2.05, 4.69) is 11.9 Å². The third kappa shape index (κ3) is 4.92. The Morgan fingerprint density at radius 2 is 2.31 bits per heavy atom. The summed E-state index contributed by atoms with van der Waals surface area (Å²) in [6.45, 7) is 5.21. The first kappa shape index (κ1) is 13.4. The zero-order valence-electron chi connectivity index (χ0n) is 9.08. The fourth-order valence-corrected chi connectivity index (χ4v) is 2.05. The molecule has 0 saturated carbocycles. The minimum atomic E-state index is 0.288. The number of rotatable bonds is 7. The molecule has 1 aromatic rings. The topological polar surface area (TPSA) is 32.3 Å². The third-order valence-corrected chi connectivity index (χ3v) is 3.22. The Morgan fingerprint density at radius 3 is 3.06 bits per heavy atom. The van der Waals surface area contributed by atoms with Crippen molar-refractivity contribution in [1.29, 1.82) is 0 Å². The average Bonchev–Trinajstić information content (AvgIpc) is 2.28. The van der Waals surface area contributed by atoms with Crippen molar-refractivity contribution >= 4 is 23.4 Å². The van der Waals surface area contributed by atoms with Crippen LogP contribution in [-0.4, -0.2) is 23.2 Å². The van der Waals surface area contributed by atoms with Gasteiger partial charge in [-0.15, -0.1) is 6.58 Å². The fourth-order valence-electron chi connectivity index (χ4n) is 1.23. The number of phenols is 1. The van der Waals surface area contributed by atoms with Gasteiger partial charge in [-0.1, -0.05) is 17.7 Å². The SMILES string of the molecule is C=CCSCCNCc1cc(Cl)ccc1O. The summed E-state index contributed by atoms with van der Waals surface area (Å²) in [5.41, 5.74) is 0.834. The molecule has 1 aromatic carbocycles. The van der Waals surface area contributed by atoms with Gasteiger partial charge in [-0.3, -0.25) is 0 Å². The van der Waals surface area contributed by atoms with Crippen molar-refractivity contribution in [3.8, 4) is 5.75 Å². The average molecular weight is 258 g/mol. The molecule has 0 amide bonds. The van der Waals surface area contributed by atoms with Gasteiger partial charge in [-0.25, -0.2) is 0 Å². The fraction of sp³-hybridized carbons (Fsp3) is 0.333. The van der Waals surface area contributed by atoms with Crippen LogP contribution in [0.15, 0.2) is 30.9 Å². The van der Waals surface area contributed by atoms with Crippen LogP contribution in [0.2, 0.25) is 5.02 Å². The summed E-state index contributed by atoms with van der Waals surface area (Å²) in [6, 6.07) is 5.08. The van der Waals surface area contributed by atoms with E-state index >= 15 is 0 Å². The van der Waals surface area contributed by atoms with Gasteiger partial charge in [0, 0.05) is 35.2 Å². The number of nitrogens with one attached hydrogen (secondary N) is 1. The standard InChI is InChI=1S/C12H16ClNOS/c1-2-6-16-7-5-14-9-10-8-11(13)3-4-12(10)15/h2-4,8,14-15H,1,5-7,9H2. The molecule has 0 atom stereocenters. The maximum Gasteiger partial charge on any atom is 0.120 e. The highest BCUT2D eigenvalue weighted by Gasteiger charge is 2.00. The molecule has 4 heteroatoms. The van der Waals surface area contributed by atoms with Gasteiger partial charge in [0.25, 0.3) is 0 Å². The molecule has 0 saturated heterocycles. The highest BCUT2D eigenvalue weighted by molar-refractivity contribution is 7.99. The number of phenolic OH excluding ortho intramolecular Hbond substituents is 1. The molecule has 0 aliphatic heterocycles. The van der Waals surface area contributed by atoms with Gasteiger partial charge < -0.3 is 10.4 Å². The van der Waals surface area contributed by atoms with Crippen molar-refractivity contribution in [2.24, 2.45) is 0 Å². The highest BCUT2D eigenvalue weighted by Crippen LogP contribution is 2.20. The monoisotopic (exact) mass is 257 g/mol. The summed E-state index contributed by atoms with van der Waals surface area (Å²) in [7, 11) is 0. The molecule has 0 radical (unpaired) electrons. The molecular formula is C12H16ClNOS. The van der Waals surface area contributed by atoms with Crippen molar-refractivity contribution in [3.63, 3.8) is 0 Å². The lowest BCUT2D eigenvalue weighted by Crippen LogP contribution is -2.16. The van der Waals surface area contributed by atoms with E-state index in [9.17, 15) is 5.11 Å². The van der Waals surface area contributed by atoms with E-state index in [4.69, 9.17) is 11.6 Å². The Morgan fingerprint density at radius 1 is 1.50 bits per heavy atom. The molecule has 0 spiro atoms. The lowest BCUT2D eigenvalue weighted by Gasteiger charge is -2.06. The molecular weight excluding hydrogens is 242 g/mol. The van der Waals surface area contributed by atoms with Gasteiger partial charge in [0.05, 0.1) is 0 Å². The molecule has 0 bridgehead atoms. The Balaban J connectivity index is 2.26. The van der Waals surface area contributed by atoms with E-state index < -0.39 is 0 Å². The molecule has 0 aliphatic carbocycles. The summed E-state index contributed by atoms with van der Waals surface area (Å²) >= 11 is 7.67. The molecule has 0 aliphatic rings. The Labute approximate surface area is 106 Å². The van der Waals surface area contributed by atoms with Gasteiger partial charge in [0.1, 0.15) is 5.75 Å². The van der Waals surface area contributed by atoms with Gasteiger partial charge in [-0.2, -0.15) is 11.8 Å². The summed E-state index contributed by atoms with van der Waals surface area (Å²) in [6.07, 6.45) is 1.90. The normalized spacial score (nSPS) is 10.3. The van der Waals surface area contributed by atoms with Crippen LogP contribution < -0.4 is 5.32 Å². The second-order valence-electron chi connectivity index (χ2n) is 3.31. The third-order valence-electron chi connectivity index (χ3n) is 2.02. The Hall–Kier alpha value is -0.640. The number of aromatic hydroxyl groups is 1. The largest absolute Gasteiger partial charge is 0.508 e. The second kappa shape index (κ2) is 7.60. The zero-order chi connectivity index (χ0) is 11.8. The summed E-state index contributed by atoms with van der Waals surface area (Å²) in [5, 5.41) is 13.5. The second-order valence-corrected chi connectivity index (χ2v) is 4.90. The molecule has 0 unspecified atom stereocenters. The van der Waals surface area contributed by atoms with Gasteiger partial charge in [0.15, 0.2) is 0 Å². The van der Waals surface area contributed by atoms with Crippen LogP contribution in [0.5, 0.6) is 5.75 Å². The number of hydrogen-bond acceptors (Lipinski definition) is 3. The van der Waals surface area contributed by atoms with Crippen molar-refractivity contribution in [3.05, 3.63) is 41.4 Å². The minimum Gasteiger partial charge on any atom is -0.508 e. The van der Waals surface area contributed by atoms with Crippen LogP contribution in [0, 0.1) is 0 Å². The summed E-state index contributed by atoms with van der Waals surface area (Å²) in [5.74, 6) is 2.30. The number of thioether (sulfide) groups is 1. The molecule has 0 fully saturated rings. The van der Waals surface area contributed by atoms with E-state index in [-0.39, 0.29) is 5.75 Å². The van der Waals surface area contributed by atoms with Crippen LogP contribution in [-0.2, 0) is 6.54 Å². The van der Waals surface area contributed by atoms with E-state index in [0.29, 0.717) is 11.6 Å². The highest BCUT2D eigenvalue weighted by atomic mass is 35.5. The van der Waals surface area contributed by atoms with E-state index in [1.165, 1.54) is 0 Å². The first-order valence-electron chi connectivity index (χ1n) is 5.11. The predicted molar refractivity (Wildman–Crippen MR) is 72.3 cm³/mol. The van der Waals surface area contributed by atoms with E-state index in [1.807, 2.05) is 17.8 Å². The Bertz CT molecular complexity index is 344. The molecule has 0 heterocycles. The van der Waals surface area contributed by atoms with E-state index in [0.717, 1.165) is 23.6 Å². The lowest BCUT2D eigenvalue weighted by molar-refractivity contribution is 0.465. The van der Waals surface area contributed by atoms with Crippen molar-refractivity contribution < 1.29 is 5.11 Å². The Kier molecular flexibility index (Phi) is 6.38. The number of benzene rings is 1. The van der Waals surface area contributed by atoms with Crippen molar-refractivity contribution in [2.75, 3.05) is 18.1 Å². The smallest absolute Gasteiger partial charge is 0.120 e. The molecule has 1 rings (SSSR count). The molecule has 0 aromatic heterocycles. The minimum absolute atomic E-state index is 0.288. The molecule has 2 N–H and O–H groups in total. The van der Waals surface area contributed by atoms with Crippen LogP contribution in [0.25, 0.3) is 0 Å². The first-order valence-corrected chi connectivity index (χ1v) is 6.64. The predicted octanol–water partition coefficient (Wildman–Crippen LogP) is 3.05. The van der Waals surface area contributed by atoms with Gasteiger partial charge in [-0.05, 0) is 18.2 Å². The lowest BCUT2D eigenvalue weighted by atomic mass is 10.2. The quantitative estimate of drug-likeness (QED) is 0.582. The first-order chi connectivity index (χ1) is 7.74. The van der Waals surface area contributed by atoms with Crippen molar-refractivity contribution in [1.82, 2.24) is 5.32 Å². The zero-order valence-corrected chi connectivity index (χ0v) is 10.7. The summed E-state index contributed by atoms with van der Waals surface area (Å²) in [4.78, 5) is 0. The summed E-state index contributed by atoms with van der Waals surface area (Å²) < 4.78 is 0. The number of hydrogen-bond donors (Lipinski definition) is 2. The maximum atomic E-state index is 9.56.